The molecule has 3 aromatic carbocycles. The predicted molar refractivity (Wildman–Crippen MR) is 133 cm³/mol. The van der Waals surface area contributed by atoms with E-state index in [9.17, 15) is 8.78 Å². The Bertz CT molecular complexity index is 1140. The van der Waals surface area contributed by atoms with Crippen molar-refractivity contribution >= 4 is 12.2 Å². The Morgan fingerprint density at radius 1 is 0.794 bits per heavy atom. The van der Waals surface area contributed by atoms with Gasteiger partial charge in [0.2, 0.25) is 0 Å². The van der Waals surface area contributed by atoms with Gasteiger partial charge in [-0.05, 0) is 78.8 Å². The summed E-state index contributed by atoms with van der Waals surface area (Å²) in [6.07, 6.45) is 8.83. The average Bonchev–Trinajstić information content (AvgIpc) is 2.86. The van der Waals surface area contributed by atoms with Crippen molar-refractivity contribution in [2.75, 3.05) is 6.61 Å². The zero-order valence-corrected chi connectivity index (χ0v) is 19.8. The van der Waals surface area contributed by atoms with Crippen LogP contribution in [0.25, 0.3) is 23.3 Å². The van der Waals surface area contributed by atoms with Crippen LogP contribution < -0.4 is 4.74 Å². The first kappa shape index (κ1) is 24.1. The van der Waals surface area contributed by atoms with Gasteiger partial charge >= 0.3 is 0 Å². The Morgan fingerprint density at radius 3 is 2.12 bits per heavy atom. The molecule has 1 aliphatic carbocycles. The molecule has 1 fully saturated rings. The van der Waals surface area contributed by atoms with Crippen LogP contribution >= 0.6 is 0 Å². The van der Waals surface area contributed by atoms with Gasteiger partial charge in [0.15, 0.2) is 23.2 Å². The lowest BCUT2D eigenvalue weighted by Crippen LogP contribution is -2.14. The minimum absolute atomic E-state index is 0.103. The molecule has 4 rings (SSSR count). The lowest BCUT2D eigenvalue weighted by atomic mass is 9.77. The van der Waals surface area contributed by atoms with Crippen LogP contribution in [0.15, 0.2) is 54.6 Å². The van der Waals surface area contributed by atoms with Gasteiger partial charge in [0.1, 0.15) is 0 Å². The fourth-order valence-corrected chi connectivity index (χ4v) is 4.84. The first-order chi connectivity index (χ1) is 16.5. The summed E-state index contributed by atoms with van der Waals surface area (Å²) in [6.45, 7) is 4.41. The molecule has 0 bridgehead atoms. The van der Waals surface area contributed by atoms with E-state index in [1.165, 1.54) is 6.07 Å². The van der Waals surface area contributed by atoms with Crippen LogP contribution in [-0.2, 0) is 0 Å². The number of rotatable bonds is 7. The predicted octanol–water partition coefficient (Wildman–Crippen LogP) is 9.02. The summed E-state index contributed by atoms with van der Waals surface area (Å²) in [4.78, 5) is 0. The second-order valence-electron chi connectivity index (χ2n) is 9.03. The van der Waals surface area contributed by atoms with Crippen molar-refractivity contribution in [3.05, 3.63) is 88.7 Å². The quantitative estimate of drug-likeness (QED) is 0.317. The summed E-state index contributed by atoms with van der Waals surface area (Å²) < 4.78 is 49.2. The molecule has 3 aromatic rings. The van der Waals surface area contributed by atoms with E-state index < -0.39 is 17.5 Å². The van der Waals surface area contributed by atoms with E-state index in [1.54, 1.807) is 42.5 Å². The van der Waals surface area contributed by atoms with Crippen LogP contribution in [0.2, 0.25) is 0 Å². The standard InChI is InChI=1S/C30H31F3O/c1-3-20-7-12-23(13-8-20)25-16-17-26(30(33)29(25)32)24-14-9-21(10-15-24)5-6-22-11-18-28(34-4-2)27(31)19-22/h5-6,9-11,14-20,23H,3-4,7-8,12-13H2,1-2H3. The van der Waals surface area contributed by atoms with E-state index in [4.69, 9.17) is 4.74 Å². The van der Waals surface area contributed by atoms with Gasteiger partial charge in [0.25, 0.3) is 0 Å². The molecular formula is C30H31F3O. The van der Waals surface area contributed by atoms with E-state index in [0.717, 1.165) is 37.7 Å². The maximum atomic E-state index is 15.0. The van der Waals surface area contributed by atoms with Crippen molar-refractivity contribution in [2.24, 2.45) is 5.92 Å². The Balaban J connectivity index is 1.48. The average molecular weight is 465 g/mol. The van der Waals surface area contributed by atoms with Crippen molar-refractivity contribution in [1.29, 1.82) is 0 Å². The third-order valence-corrected chi connectivity index (χ3v) is 6.92. The first-order valence-electron chi connectivity index (χ1n) is 12.2. The zero-order valence-electron chi connectivity index (χ0n) is 19.8. The number of hydrogen-bond acceptors (Lipinski definition) is 1. The molecule has 1 nitrogen and oxygen atoms in total. The van der Waals surface area contributed by atoms with Crippen molar-refractivity contribution in [3.63, 3.8) is 0 Å². The van der Waals surface area contributed by atoms with E-state index in [2.05, 4.69) is 6.92 Å². The topological polar surface area (TPSA) is 9.23 Å². The van der Waals surface area contributed by atoms with Crippen molar-refractivity contribution in [2.45, 2.75) is 51.9 Å². The molecule has 178 valence electrons. The van der Waals surface area contributed by atoms with Crippen LogP contribution in [0.4, 0.5) is 13.2 Å². The molecule has 0 unspecified atom stereocenters. The second kappa shape index (κ2) is 10.9. The molecule has 0 N–H and O–H groups in total. The van der Waals surface area contributed by atoms with E-state index in [-0.39, 0.29) is 17.2 Å². The highest BCUT2D eigenvalue weighted by Crippen LogP contribution is 2.39. The number of halogens is 3. The Kier molecular flexibility index (Phi) is 7.77. The molecule has 0 atom stereocenters. The molecule has 1 saturated carbocycles. The first-order valence-corrected chi connectivity index (χ1v) is 12.2. The summed E-state index contributed by atoms with van der Waals surface area (Å²) in [5, 5.41) is 0. The Labute approximate surface area is 200 Å². The maximum Gasteiger partial charge on any atom is 0.166 e. The smallest absolute Gasteiger partial charge is 0.166 e. The normalized spacial score (nSPS) is 18.4. The van der Waals surface area contributed by atoms with Crippen LogP contribution in [0.3, 0.4) is 0 Å². The summed E-state index contributed by atoms with van der Waals surface area (Å²) in [6, 6.07) is 15.5. The molecule has 0 aliphatic heterocycles. The van der Waals surface area contributed by atoms with Gasteiger partial charge in [-0.3, -0.25) is 0 Å². The number of ether oxygens (including phenoxy) is 1. The third-order valence-electron chi connectivity index (χ3n) is 6.92. The maximum absolute atomic E-state index is 15.0. The monoisotopic (exact) mass is 464 g/mol. The van der Waals surface area contributed by atoms with Crippen LogP contribution in [-0.4, -0.2) is 6.61 Å². The van der Waals surface area contributed by atoms with Crippen LogP contribution in [0.1, 0.15) is 68.6 Å². The highest BCUT2D eigenvalue weighted by molar-refractivity contribution is 5.72. The van der Waals surface area contributed by atoms with Gasteiger partial charge in [-0.25, -0.2) is 13.2 Å². The molecule has 1 aliphatic rings. The van der Waals surface area contributed by atoms with Gasteiger partial charge in [-0.15, -0.1) is 0 Å². The highest BCUT2D eigenvalue weighted by atomic mass is 19.2. The molecule has 0 heterocycles. The van der Waals surface area contributed by atoms with Gasteiger partial charge in [0, 0.05) is 5.56 Å². The molecule has 0 amide bonds. The van der Waals surface area contributed by atoms with E-state index in [1.807, 2.05) is 25.1 Å². The SMILES string of the molecule is CCOc1ccc(C=Cc2ccc(-c3ccc(C4CCC(CC)CC4)c(F)c3F)cc2)cc1F. The summed E-state index contributed by atoms with van der Waals surface area (Å²) in [7, 11) is 0. The molecule has 0 spiro atoms. The van der Waals surface area contributed by atoms with Gasteiger partial charge in [-0.2, -0.15) is 0 Å². The fourth-order valence-electron chi connectivity index (χ4n) is 4.84. The fraction of sp³-hybridized carbons (Fsp3) is 0.333. The summed E-state index contributed by atoms with van der Waals surface area (Å²) in [5.74, 6) is -0.838. The second-order valence-corrected chi connectivity index (χ2v) is 9.03. The molecular weight excluding hydrogens is 433 g/mol. The molecule has 0 aromatic heterocycles. The van der Waals surface area contributed by atoms with Crippen molar-refractivity contribution < 1.29 is 17.9 Å². The highest BCUT2D eigenvalue weighted by Gasteiger charge is 2.25. The third kappa shape index (κ3) is 5.38. The summed E-state index contributed by atoms with van der Waals surface area (Å²) in [5.41, 5.74) is 3.00. The lowest BCUT2D eigenvalue weighted by molar-refractivity contribution is 0.312. The van der Waals surface area contributed by atoms with Gasteiger partial charge < -0.3 is 4.74 Å². The minimum atomic E-state index is -0.775. The van der Waals surface area contributed by atoms with Crippen molar-refractivity contribution in [3.8, 4) is 16.9 Å². The van der Waals surface area contributed by atoms with Crippen LogP contribution in [0, 0.1) is 23.4 Å². The number of benzene rings is 3. The van der Waals surface area contributed by atoms with Gasteiger partial charge in [0.05, 0.1) is 6.61 Å². The van der Waals surface area contributed by atoms with Gasteiger partial charge in [-0.1, -0.05) is 68.0 Å². The lowest BCUT2D eigenvalue weighted by Gasteiger charge is -2.28. The molecule has 0 saturated heterocycles. The van der Waals surface area contributed by atoms with Crippen molar-refractivity contribution in [1.82, 2.24) is 0 Å². The molecule has 0 radical (unpaired) electrons. The minimum Gasteiger partial charge on any atom is -0.491 e. The van der Waals surface area contributed by atoms with E-state index in [0.29, 0.717) is 29.2 Å². The molecule has 34 heavy (non-hydrogen) atoms. The largest absolute Gasteiger partial charge is 0.491 e. The Hall–Kier alpha value is -3.01. The van der Waals surface area contributed by atoms with E-state index >= 15 is 4.39 Å². The molecule has 4 heteroatoms. The summed E-state index contributed by atoms with van der Waals surface area (Å²) >= 11 is 0. The number of hydrogen-bond donors (Lipinski definition) is 0. The zero-order chi connectivity index (χ0) is 24.1. The Morgan fingerprint density at radius 2 is 1.47 bits per heavy atom. The van der Waals surface area contributed by atoms with Crippen LogP contribution in [0.5, 0.6) is 5.75 Å².